The van der Waals surface area contributed by atoms with Crippen LogP contribution < -0.4 is 0 Å². The van der Waals surface area contributed by atoms with Crippen LogP contribution in [0.2, 0.25) is 0 Å². The van der Waals surface area contributed by atoms with Crippen LogP contribution >= 0.6 is 11.8 Å². The fourth-order valence-corrected chi connectivity index (χ4v) is 3.77. The van der Waals surface area contributed by atoms with Gasteiger partial charge in [0.1, 0.15) is 11.6 Å². The van der Waals surface area contributed by atoms with Crippen molar-refractivity contribution in [3.8, 4) is 0 Å². The molecule has 0 radical (unpaired) electrons. The van der Waals surface area contributed by atoms with Gasteiger partial charge in [-0.05, 0) is 29.7 Å². The fraction of sp³-hybridized carbons (Fsp3) is 0.250. The first-order valence-electron chi connectivity index (χ1n) is 6.50. The minimum absolute atomic E-state index is 0.0249. The van der Waals surface area contributed by atoms with Gasteiger partial charge in [-0.15, -0.1) is 11.8 Å². The first-order chi connectivity index (χ1) is 9.63. The van der Waals surface area contributed by atoms with E-state index in [0.717, 1.165) is 12.5 Å². The number of aliphatic hydroxyl groups is 1. The van der Waals surface area contributed by atoms with Gasteiger partial charge in [0.2, 0.25) is 0 Å². The van der Waals surface area contributed by atoms with Gasteiger partial charge in [0, 0.05) is 22.6 Å². The molecule has 0 amide bonds. The van der Waals surface area contributed by atoms with Gasteiger partial charge in [-0.1, -0.05) is 24.3 Å². The summed E-state index contributed by atoms with van der Waals surface area (Å²) in [4.78, 5) is 1.18. The highest BCUT2D eigenvalue weighted by Crippen LogP contribution is 2.39. The molecule has 3 rings (SSSR count). The van der Waals surface area contributed by atoms with Crippen molar-refractivity contribution in [2.45, 2.75) is 29.1 Å². The van der Waals surface area contributed by atoms with Crippen molar-refractivity contribution in [3.63, 3.8) is 0 Å². The Morgan fingerprint density at radius 2 is 2.00 bits per heavy atom. The Morgan fingerprint density at radius 3 is 2.75 bits per heavy atom. The second kappa shape index (κ2) is 5.54. The zero-order valence-electron chi connectivity index (χ0n) is 10.7. The smallest absolute Gasteiger partial charge is 0.129 e. The van der Waals surface area contributed by atoms with Crippen LogP contribution in [-0.2, 0) is 12.8 Å². The number of aliphatic hydroxyl groups excluding tert-OH is 1. The van der Waals surface area contributed by atoms with Crippen LogP contribution in [0.5, 0.6) is 0 Å². The molecule has 1 aliphatic rings. The predicted molar refractivity (Wildman–Crippen MR) is 75.9 cm³/mol. The average Bonchev–Trinajstić information content (AvgIpc) is 2.86. The summed E-state index contributed by atoms with van der Waals surface area (Å²) in [6, 6.07) is 11.5. The predicted octanol–water partition coefficient (Wildman–Crippen LogP) is 3.59. The molecule has 1 nitrogen and oxygen atoms in total. The molecule has 1 aliphatic heterocycles. The van der Waals surface area contributed by atoms with Crippen LogP contribution in [0.25, 0.3) is 0 Å². The molecule has 0 saturated carbocycles. The maximum Gasteiger partial charge on any atom is 0.129 e. The average molecular weight is 292 g/mol. The van der Waals surface area contributed by atoms with Crippen molar-refractivity contribution in [2.24, 2.45) is 0 Å². The largest absolute Gasteiger partial charge is 0.392 e. The summed E-state index contributed by atoms with van der Waals surface area (Å²) in [5, 5.41) is 10.3. The van der Waals surface area contributed by atoms with E-state index in [4.69, 9.17) is 0 Å². The van der Waals surface area contributed by atoms with Crippen LogP contribution in [0.1, 0.15) is 11.1 Å². The molecule has 1 N–H and O–H groups in total. The molecule has 1 heterocycles. The van der Waals surface area contributed by atoms with Gasteiger partial charge in [0.05, 0.1) is 6.10 Å². The Labute approximate surface area is 120 Å². The van der Waals surface area contributed by atoms with Crippen LogP contribution in [0, 0.1) is 11.6 Å². The topological polar surface area (TPSA) is 20.2 Å². The van der Waals surface area contributed by atoms with Crippen molar-refractivity contribution in [1.82, 2.24) is 0 Å². The zero-order chi connectivity index (χ0) is 14.1. The molecule has 2 unspecified atom stereocenters. The molecule has 2 aromatic carbocycles. The highest BCUT2D eigenvalue weighted by Gasteiger charge is 2.28. The minimum atomic E-state index is -0.646. The number of hydrogen-bond acceptors (Lipinski definition) is 2. The number of rotatable bonds is 3. The maximum absolute atomic E-state index is 13.6. The first kappa shape index (κ1) is 13.6. The Balaban J connectivity index is 1.70. The third-order valence-corrected chi connectivity index (χ3v) is 4.98. The van der Waals surface area contributed by atoms with E-state index in [9.17, 15) is 13.9 Å². The van der Waals surface area contributed by atoms with E-state index in [0.29, 0.717) is 5.56 Å². The lowest BCUT2D eigenvalue weighted by atomic mass is 10.0. The van der Waals surface area contributed by atoms with Crippen molar-refractivity contribution >= 4 is 11.8 Å². The van der Waals surface area contributed by atoms with Gasteiger partial charge in [-0.2, -0.15) is 0 Å². The Bertz CT molecular complexity index is 605. The lowest BCUT2D eigenvalue weighted by Crippen LogP contribution is -2.25. The fourth-order valence-electron chi connectivity index (χ4n) is 2.47. The Kier molecular flexibility index (Phi) is 3.76. The van der Waals surface area contributed by atoms with E-state index in [2.05, 4.69) is 0 Å². The van der Waals surface area contributed by atoms with Gasteiger partial charge < -0.3 is 5.11 Å². The second-order valence-corrected chi connectivity index (χ2v) is 6.26. The summed E-state index contributed by atoms with van der Waals surface area (Å²) in [6.07, 6.45) is 0.343. The normalized spacial score (nSPS) is 18.9. The first-order valence-corrected chi connectivity index (χ1v) is 7.38. The summed E-state index contributed by atoms with van der Waals surface area (Å²) < 4.78 is 26.5. The van der Waals surface area contributed by atoms with E-state index in [1.807, 2.05) is 24.3 Å². The summed E-state index contributed by atoms with van der Waals surface area (Å²) in [6.45, 7) is 0. The highest BCUT2D eigenvalue weighted by molar-refractivity contribution is 8.00. The number of halogens is 2. The molecular weight excluding hydrogens is 278 g/mol. The molecule has 0 spiro atoms. The quantitative estimate of drug-likeness (QED) is 0.933. The third-order valence-electron chi connectivity index (χ3n) is 3.55. The standard InChI is InChI=1S/C16H14F2OS/c17-12-6-5-10(13(18)9-12)7-14(19)16-8-11-3-1-2-4-15(11)20-16/h1-6,9,14,16,19H,7-8H2. The molecule has 0 fully saturated rings. The number of thioether (sulfide) groups is 1. The molecule has 104 valence electrons. The SMILES string of the molecule is OC(Cc1ccc(F)cc1F)C1Cc2ccccc2S1. The summed E-state index contributed by atoms with van der Waals surface area (Å²) in [5.41, 5.74) is 1.58. The third kappa shape index (κ3) is 2.72. The molecule has 0 aliphatic carbocycles. The molecule has 0 aromatic heterocycles. The van der Waals surface area contributed by atoms with E-state index in [1.165, 1.54) is 22.6 Å². The molecule has 20 heavy (non-hydrogen) atoms. The number of benzene rings is 2. The van der Waals surface area contributed by atoms with E-state index >= 15 is 0 Å². The van der Waals surface area contributed by atoms with Crippen molar-refractivity contribution in [1.29, 1.82) is 0 Å². The lowest BCUT2D eigenvalue weighted by Gasteiger charge is -2.17. The van der Waals surface area contributed by atoms with Crippen LogP contribution in [-0.4, -0.2) is 16.5 Å². The van der Waals surface area contributed by atoms with Crippen molar-refractivity contribution in [2.75, 3.05) is 0 Å². The lowest BCUT2D eigenvalue weighted by molar-refractivity contribution is 0.171. The van der Waals surface area contributed by atoms with Crippen LogP contribution in [0.4, 0.5) is 8.78 Å². The maximum atomic E-state index is 13.6. The van der Waals surface area contributed by atoms with Crippen LogP contribution in [0.3, 0.4) is 0 Å². The van der Waals surface area contributed by atoms with E-state index in [-0.39, 0.29) is 11.7 Å². The Hall–Kier alpha value is -1.39. The molecule has 0 bridgehead atoms. The minimum Gasteiger partial charge on any atom is -0.392 e. The van der Waals surface area contributed by atoms with E-state index in [1.54, 1.807) is 11.8 Å². The molecule has 0 saturated heterocycles. The van der Waals surface area contributed by atoms with Crippen molar-refractivity contribution in [3.05, 3.63) is 65.2 Å². The van der Waals surface area contributed by atoms with Crippen molar-refractivity contribution < 1.29 is 13.9 Å². The monoisotopic (exact) mass is 292 g/mol. The highest BCUT2D eigenvalue weighted by atomic mass is 32.2. The summed E-state index contributed by atoms with van der Waals surface area (Å²) >= 11 is 1.63. The zero-order valence-corrected chi connectivity index (χ0v) is 11.5. The number of hydrogen-bond donors (Lipinski definition) is 1. The summed E-state index contributed by atoms with van der Waals surface area (Å²) in [5.74, 6) is -1.19. The van der Waals surface area contributed by atoms with Gasteiger partial charge in [-0.3, -0.25) is 0 Å². The molecule has 2 atom stereocenters. The van der Waals surface area contributed by atoms with Crippen LogP contribution in [0.15, 0.2) is 47.4 Å². The second-order valence-electron chi connectivity index (χ2n) is 4.98. The Morgan fingerprint density at radius 1 is 1.20 bits per heavy atom. The van der Waals surface area contributed by atoms with E-state index < -0.39 is 17.7 Å². The number of fused-ring (bicyclic) bond motifs is 1. The summed E-state index contributed by atoms with van der Waals surface area (Å²) in [7, 11) is 0. The van der Waals surface area contributed by atoms with Gasteiger partial charge >= 0.3 is 0 Å². The molecular formula is C16H14F2OS. The molecule has 4 heteroatoms. The van der Waals surface area contributed by atoms with Gasteiger partial charge in [-0.25, -0.2) is 8.78 Å². The van der Waals surface area contributed by atoms with Gasteiger partial charge in [0.15, 0.2) is 0 Å². The van der Waals surface area contributed by atoms with Gasteiger partial charge in [0.25, 0.3) is 0 Å². The molecule has 2 aromatic rings.